The summed E-state index contributed by atoms with van der Waals surface area (Å²) in [4.78, 5) is 12.2. The Morgan fingerprint density at radius 3 is 2.25 bits per heavy atom. The number of nitrogens with zero attached hydrogens (tertiary/aromatic N) is 1. The number of carbonyl (C=O) groups is 1. The van der Waals surface area contributed by atoms with Gasteiger partial charge in [-0.25, -0.2) is 8.42 Å². The number of benzene rings is 3. The van der Waals surface area contributed by atoms with Gasteiger partial charge in [0.1, 0.15) is 5.75 Å². The smallest absolute Gasteiger partial charge is 0.262 e. The van der Waals surface area contributed by atoms with E-state index in [2.05, 4.69) is 5.32 Å². The molecule has 0 unspecified atom stereocenters. The number of aryl methyl sites for hydroxylation is 2. The minimum absolute atomic E-state index is 0.180. The minimum Gasteiger partial charge on any atom is -0.484 e. The van der Waals surface area contributed by atoms with Crippen molar-refractivity contribution in [3.8, 4) is 5.75 Å². The quantitative estimate of drug-likeness (QED) is 0.503. The summed E-state index contributed by atoms with van der Waals surface area (Å²) in [6, 6.07) is 19.5. The Morgan fingerprint density at radius 1 is 1.00 bits per heavy atom. The molecule has 32 heavy (non-hydrogen) atoms. The molecule has 0 radical (unpaired) electrons. The fourth-order valence-electron chi connectivity index (χ4n) is 3.07. The van der Waals surface area contributed by atoms with Crippen molar-refractivity contribution in [3.05, 3.63) is 88.4 Å². The second-order valence-electron chi connectivity index (χ2n) is 7.55. The zero-order valence-electron chi connectivity index (χ0n) is 18.1. The molecule has 3 rings (SSSR count). The first kappa shape index (κ1) is 23.6. The van der Waals surface area contributed by atoms with E-state index in [0.717, 1.165) is 16.7 Å². The molecule has 0 saturated carbocycles. The number of carbonyl (C=O) groups excluding carboxylic acids is 1. The Kier molecular flexibility index (Phi) is 7.43. The molecule has 0 aliphatic heterocycles. The van der Waals surface area contributed by atoms with E-state index in [-0.39, 0.29) is 19.1 Å². The highest BCUT2D eigenvalue weighted by molar-refractivity contribution is 7.92. The number of amides is 1. The summed E-state index contributed by atoms with van der Waals surface area (Å²) in [6.07, 6.45) is 1.18. The first-order valence-corrected chi connectivity index (χ1v) is 12.2. The van der Waals surface area contributed by atoms with E-state index >= 15 is 0 Å². The van der Waals surface area contributed by atoms with Crippen molar-refractivity contribution in [2.45, 2.75) is 20.4 Å². The summed E-state index contributed by atoms with van der Waals surface area (Å²) in [5.41, 5.74) is 4.02. The van der Waals surface area contributed by atoms with Crippen molar-refractivity contribution in [2.75, 3.05) is 22.5 Å². The number of sulfonamides is 1. The number of ether oxygens (including phenoxy) is 1. The zero-order valence-corrected chi connectivity index (χ0v) is 19.7. The Hall–Kier alpha value is -3.03. The highest BCUT2D eigenvalue weighted by Gasteiger charge is 2.18. The molecule has 0 aliphatic carbocycles. The van der Waals surface area contributed by atoms with Gasteiger partial charge >= 0.3 is 0 Å². The van der Waals surface area contributed by atoms with Gasteiger partial charge in [0.25, 0.3) is 5.91 Å². The normalized spacial score (nSPS) is 11.1. The Balaban J connectivity index is 1.64. The molecule has 3 aromatic rings. The average molecular weight is 473 g/mol. The van der Waals surface area contributed by atoms with Crippen molar-refractivity contribution in [3.63, 3.8) is 0 Å². The summed E-state index contributed by atoms with van der Waals surface area (Å²) < 4.78 is 31.6. The Morgan fingerprint density at radius 2 is 1.66 bits per heavy atom. The van der Waals surface area contributed by atoms with Crippen LogP contribution in [0.1, 0.15) is 16.7 Å². The van der Waals surface area contributed by atoms with E-state index in [4.69, 9.17) is 16.3 Å². The molecule has 0 atom stereocenters. The van der Waals surface area contributed by atoms with Crippen LogP contribution >= 0.6 is 11.6 Å². The van der Waals surface area contributed by atoms with Crippen molar-refractivity contribution >= 4 is 38.9 Å². The van der Waals surface area contributed by atoms with Gasteiger partial charge in [-0.1, -0.05) is 41.4 Å². The molecule has 0 heterocycles. The van der Waals surface area contributed by atoms with Crippen molar-refractivity contribution < 1.29 is 17.9 Å². The van der Waals surface area contributed by atoms with Gasteiger partial charge in [-0.3, -0.25) is 9.10 Å². The number of hydrogen-bond donors (Lipinski definition) is 1. The predicted octanol–water partition coefficient (Wildman–Crippen LogP) is 4.94. The van der Waals surface area contributed by atoms with Crippen LogP contribution in [0.2, 0.25) is 5.02 Å². The van der Waals surface area contributed by atoms with Crippen LogP contribution in [-0.4, -0.2) is 27.2 Å². The lowest BCUT2D eigenvalue weighted by Gasteiger charge is -2.23. The molecule has 0 spiro atoms. The maximum Gasteiger partial charge on any atom is 0.262 e. The van der Waals surface area contributed by atoms with Crippen LogP contribution in [0.25, 0.3) is 0 Å². The van der Waals surface area contributed by atoms with Gasteiger partial charge in [-0.05, 0) is 67.4 Å². The standard InChI is InChI=1S/C24H25ClN2O4S/c1-17-4-6-19(7-5-17)15-27(32(3,29)30)21-9-11-22(12-10-21)31-16-24(28)26-23-13-8-20(25)14-18(23)2/h4-14H,15-16H2,1-3H3,(H,26,28). The SMILES string of the molecule is Cc1ccc(CN(c2ccc(OCC(=O)Nc3ccc(Cl)cc3C)cc2)S(C)(=O)=O)cc1. The molecule has 3 aromatic carbocycles. The first-order chi connectivity index (χ1) is 15.1. The number of halogens is 1. The van der Waals surface area contributed by atoms with E-state index in [0.29, 0.717) is 22.1 Å². The highest BCUT2D eigenvalue weighted by Crippen LogP contribution is 2.24. The van der Waals surface area contributed by atoms with Crippen molar-refractivity contribution in [1.82, 2.24) is 0 Å². The van der Waals surface area contributed by atoms with Crippen LogP contribution in [0.5, 0.6) is 5.75 Å². The van der Waals surface area contributed by atoms with Crippen LogP contribution in [0, 0.1) is 13.8 Å². The van der Waals surface area contributed by atoms with Gasteiger partial charge in [0.05, 0.1) is 18.5 Å². The topological polar surface area (TPSA) is 75.7 Å². The molecule has 6 nitrogen and oxygen atoms in total. The number of nitrogens with one attached hydrogen (secondary N) is 1. The van der Waals surface area contributed by atoms with Crippen LogP contribution < -0.4 is 14.4 Å². The van der Waals surface area contributed by atoms with Crippen LogP contribution in [0.4, 0.5) is 11.4 Å². The summed E-state index contributed by atoms with van der Waals surface area (Å²) in [6.45, 7) is 3.88. The molecule has 168 valence electrons. The van der Waals surface area contributed by atoms with E-state index in [1.165, 1.54) is 10.6 Å². The van der Waals surface area contributed by atoms with E-state index in [1.54, 1.807) is 42.5 Å². The van der Waals surface area contributed by atoms with Crippen LogP contribution in [0.15, 0.2) is 66.7 Å². The first-order valence-electron chi connectivity index (χ1n) is 9.94. The van der Waals surface area contributed by atoms with Gasteiger partial charge in [-0.2, -0.15) is 0 Å². The lowest BCUT2D eigenvalue weighted by atomic mass is 10.1. The third kappa shape index (κ3) is 6.48. The van der Waals surface area contributed by atoms with Crippen molar-refractivity contribution in [2.24, 2.45) is 0 Å². The molecule has 0 aromatic heterocycles. The van der Waals surface area contributed by atoms with E-state index in [9.17, 15) is 13.2 Å². The second-order valence-corrected chi connectivity index (χ2v) is 9.89. The molecule has 1 N–H and O–H groups in total. The van der Waals surface area contributed by atoms with E-state index in [1.807, 2.05) is 38.1 Å². The maximum absolute atomic E-state index is 12.4. The van der Waals surface area contributed by atoms with Crippen molar-refractivity contribution in [1.29, 1.82) is 0 Å². The molecule has 0 aliphatic rings. The third-order valence-corrected chi connectivity index (χ3v) is 6.18. The summed E-state index contributed by atoms with van der Waals surface area (Å²) >= 11 is 5.93. The largest absolute Gasteiger partial charge is 0.484 e. The maximum atomic E-state index is 12.4. The number of hydrogen-bond acceptors (Lipinski definition) is 4. The molecule has 0 bridgehead atoms. The molecule has 8 heteroatoms. The predicted molar refractivity (Wildman–Crippen MR) is 129 cm³/mol. The highest BCUT2D eigenvalue weighted by atomic mass is 35.5. The van der Waals surface area contributed by atoms with Gasteiger partial charge < -0.3 is 10.1 Å². The minimum atomic E-state index is -3.49. The van der Waals surface area contributed by atoms with Gasteiger partial charge in [0, 0.05) is 10.7 Å². The fourth-order valence-corrected chi connectivity index (χ4v) is 4.19. The van der Waals surface area contributed by atoms with Gasteiger partial charge in [-0.15, -0.1) is 0 Å². The lowest BCUT2D eigenvalue weighted by Crippen LogP contribution is -2.29. The van der Waals surface area contributed by atoms with Crippen LogP contribution in [-0.2, 0) is 21.4 Å². The monoisotopic (exact) mass is 472 g/mol. The van der Waals surface area contributed by atoms with Gasteiger partial charge in [0.15, 0.2) is 6.61 Å². The number of rotatable bonds is 8. The van der Waals surface area contributed by atoms with E-state index < -0.39 is 10.0 Å². The summed E-state index contributed by atoms with van der Waals surface area (Å²) in [5.74, 6) is 0.150. The third-order valence-electron chi connectivity index (χ3n) is 4.80. The Labute approximate surface area is 193 Å². The average Bonchev–Trinajstić information content (AvgIpc) is 2.73. The number of anilines is 2. The molecule has 0 saturated heterocycles. The molecular weight excluding hydrogens is 448 g/mol. The Bertz CT molecular complexity index is 1190. The lowest BCUT2D eigenvalue weighted by molar-refractivity contribution is -0.118. The fraction of sp³-hybridized carbons (Fsp3) is 0.208. The molecular formula is C24H25ClN2O4S. The summed E-state index contributed by atoms with van der Waals surface area (Å²) in [5, 5.41) is 3.38. The second kappa shape index (κ2) is 10.1. The van der Waals surface area contributed by atoms with Gasteiger partial charge in [0.2, 0.25) is 10.0 Å². The molecule has 1 amide bonds. The zero-order chi connectivity index (χ0) is 23.3. The summed E-state index contributed by atoms with van der Waals surface area (Å²) in [7, 11) is -3.49. The molecule has 0 fully saturated rings. The van der Waals surface area contributed by atoms with Crippen LogP contribution in [0.3, 0.4) is 0 Å².